The molecule has 156 valence electrons. The van der Waals surface area contributed by atoms with Crippen molar-refractivity contribution < 1.29 is 22.7 Å². The molecule has 0 saturated carbocycles. The first-order valence-electron chi connectivity index (χ1n) is 9.45. The van der Waals surface area contributed by atoms with Gasteiger partial charge < -0.3 is 14.5 Å². The molecule has 0 aliphatic heterocycles. The Morgan fingerprint density at radius 3 is 2.23 bits per heavy atom. The van der Waals surface area contributed by atoms with Crippen LogP contribution in [0, 0.1) is 0 Å². The Kier molecular flexibility index (Phi) is 5.75. The van der Waals surface area contributed by atoms with E-state index in [9.17, 15) is 18.4 Å². The van der Waals surface area contributed by atoms with E-state index in [0.29, 0.717) is 16.5 Å². The predicted molar refractivity (Wildman–Crippen MR) is 111 cm³/mol. The molecule has 4 aromatic rings. The number of nitrogens with one attached hydrogen (secondary N) is 1. The fourth-order valence-corrected chi connectivity index (χ4v) is 3.28. The maximum absolute atomic E-state index is 13.0. The van der Waals surface area contributed by atoms with E-state index < -0.39 is 24.2 Å². The predicted octanol–water partition coefficient (Wildman–Crippen LogP) is 4.91. The molecule has 5 nitrogen and oxygen atoms in total. The van der Waals surface area contributed by atoms with Crippen LogP contribution in [0.5, 0.6) is 5.75 Å². The SMILES string of the molecule is O=C(NC(c1ccccc1)c1ccc(OC(F)F)cc1)c1cc2ccccc2oc1=O. The first kappa shape index (κ1) is 20.3. The summed E-state index contributed by atoms with van der Waals surface area (Å²) < 4.78 is 34.5. The van der Waals surface area contributed by atoms with Gasteiger partial charge in [-0.25, -0.2) is 4.79 Å². The summed E-state index contributed by atoms with van der Waals surface area (Å²) in [5.74, 6) is -0.603. The zero-order valence-corrected chi connectivity index (χ0v) is 16.1. The van der Waals surface area contributed by atoms with Crippen molar-refractivity contribution in [2.75, 3.05) is 0 Å². The van der Waals surface area contributed by atoms with E-state index in [-0.39, 0.29) is 11.3 Å². The van der Waals surface area contributed by atoms with Gasteiger partial charge in [0, 0.05) is 5.39 Å². The summed E-state index contributed by atoms with van der Waals surface area (Å²) in [6, 6.07) is 22.8. The van der Waals surface area contributed by atoms with Gasteiger partial charge in [0.2, 0.25) is 0 Å². The zero-order chi connectivity index (χ0) is 21.8. The lowest BCUT2D eigenvalue weighted by Gasteiger charge is -2.20. The summed E-state index contributed by atoms with van der Waals surface area (Å²) >= 11 is 0. The Balaban J connectivity index is 1.68. The largest absolute Gasteiger partial charge is 0.435 e. The van der Waals surface area contributed by atoms with Gasteiger partial charge in [0.1, 0.15) is 16.9 Å². The molecule has 31 heavy (non-hydrogen) atoms. The molecular formula is C24H17F2NO4. The number of alkyl halides is 2. The molecule has 7 heteroatoms. The molecule has 1 unspecified atom stereocenters. The highest BCUT2D eigenvalue weighted by Gasteiger charge is 2.21. The Hall–Kier alpha value is -4.00. The fourth-order valence-electron chi connectivity index (χ4n) is 3.28. The van der Waals surface area contributed by atoms with Crippen molar-refractivity contribution in [2.24, 2.45) is 0 Å². The quantitative estimate of drug-likeness (QED) is 0.449. The zero-order valence-electron chi connectivity index (χ0n) is 16.1. The number of carbonyl (C=O) groups is 1. The molecule has 1 atom stereocenters. The summed E-state index contributed by atoms with van der Waals surface area (Å²) in [6.45, 7) is -2.93. The van der Waals surface area contributed by atoms with Crippen LogP contribution in [-0.2, 0) is 0 Å². The second-order valence-corrected chi connectivity index (χ2v) is 6.75. The van der Waals surface area contributed by atoms with Crippen molar-refractivity contribution in [1.82, 2.24) is 5.32 Å². The van der Waals surface area contributed by atoms with Crippen LogP contribution in [0.25, 0.3) is 11.0 Å². The summed E-state index contributed by atoms with van der Waals surface area (Å²) in [5, 5.41) is 3.47. The number of halogens is 2. The Morgan fingerprint density at radius 2 is 1.52 bits per heavy atom. The molecule has 1 heterocycles. The van der Waals surface area contributed by atoms with Gasteiger partial charge in [-0.1, -0.05) is 60.7 Å². The van der Waals surface area contributed by atoms with Gasteiger partial charge in [-0.05, 0) is 35.4 Å². The van der Waals surface area contributed by atoms with Crippen LogP contribution in [-0.4, -0.2) is 12.5 Å². The highest BCUT2D eigenvalue weighted by Crippen LogP contribution is 2.25. The Bertz CT molecular complexity index is 1250. The molecule has 1 N–H and O–H groups in total. The monoisotopic (exact) mass is 421 g/mol. The first-order valence-corrected chi connectivity index (χ1v) is 9.45. The van der Waals surface area contributed by atoms with E-state index >= 15 is 0 Å². The second kappa shape index (κ2) is 8.79. The van der Waals surface area contributed by atoms with Crippen LogP contribution in [0.2, 0.25) is 0 Å². The van der Waals surface area contributed by atoms with Crippen LogP contribution in [0.1, 0.15) is 27.5 Å². The van der Waals surface area contributed by atoms with Gasteiger partial charge in [-0.15, -0.1) is 0 Å². The molecule has 0 aliphatic rings. The number of hydrogen-bond donors (Lipinski definition) is 1. The van der Waals surface area contributed by atoms with Crippen LogP contribution in [0.4, 0.5) is 8.78 Å². The number of amides is 1. The summed E-state index contributed by atoms with van der Waals surface area (Å²) in [7, 11) is 0. The lowest BCUT2D eigenvalue weighted by Crippen LogP contribution is -2.32. The summed E-state index contributed by atoms with van der Waals surface area (Å²) in [4.78, 5) is 25.3. The van der Waals surface area contributed by atoms with Gasteiger partial charge in [-0.3, -0.25) is 4.79 Å². The molecule has 0 saturated heterocycles. The van der Waals surface area contributed by atoms with E-state index in [1.165, 1.54) is 18.2 Å². The lowest BCUT2D eigenvalue weighted by atomic mass is 9.98. The van der Waals surface area contributed by atoms with Crippen molar-refractivity contribution in [2.45, 2.75) is 12.7 Å². The third-order valence-corrected chi connectivity index (χ3v) is 4.73. The minimum absolute atomic E-state index is 0.00654. The topological polar surface area (TPSA) is 68.5 Å². The third kappa shape index (κ3) is 4.61. The molecule has 0 radical (unpaired) electrons. The standard InChI is InChI=1S/C24H17F2NO4/c25-24(26)30-18-12-10-16(11-13-18)21(15-6-2-1-3-7-15)27-22(28)19-14-17-8-4-5-9-20(17)31-23(19)29/h1-14,21,24H,(H,27,28). The van der Waals surface area contributed by atoms with Crippen molar-refractivity contribution in [3.05, 3.63) is 112 Å². The molecule has 3 aromatic carbocycles. The molecule has 0 aliphatic carbocycles. The number of rotatable bonds is 6. The molecule has 0 bridgehead atoms. The lowest BCUT2D eigenvalue weighted by molar-refractivity contribution is -0.0498. The Labute approximate surface area is 175 Å². The second-order valence-electron chi connectivity index (χ2n) is 6.75. The highest BCUT2D eigenvalue weighted by molar-refractivity contribution is 5.97. The van der Waals surface area contributed by atoms with Crippen molar-refractivity contribution in [3.8, 4) is 5.75 Å². The van der Waals surface area contributed by atoms with E-state index in [1.54, 1.807) is 36.4 Å². The van der Waals surface area contributed by atoms with E-state index in [4.69, 9.17) is 4.42 Å². The molecular weight excluding hydrogens is 404 g/mol. The minimum atomic E-state index is -2.93. The number of hydrogen-bond acceptors (Lipinski definition) is 4. The normalized spacial score (nSPS) is 12.0. The van der Waals surface area contributed by atoms with Gasteiger partial charge in [0.05, 0.1) is 6.04 Å². The van der Waals surface area contributed by atoms with Crippen LogP contribution >= 0.6 is 0 Å². The minimum Gasteiger partial charge on any atom is -0.435 e. The average Bonchev–Trinajstić information content (AvgIpc) is 2.77. The number of fused-ring (bicyclic) bond motifs is 1. The number of ether oxygens (including phenoxy) is 1. The van der Waals surface area contributed by atoms with Gasteiger partial charge in [0.15, 0.2) is 0 Å². The molecule has 1 amide bonds. The molecule has 0 spiro atoms. The number of para-hydroxylation sites is 1. The van der Waals surface area contributed by atoms with Gasteiger partial charge >= 0.3 is 12.2 Å². The van der Waals surface area contributed by atoms with Crippen LogP contribution in [0.15, 0.2) is 94.1 Å². The van der Waals surface area contributed by atoms with E-state index in [1.807, 2.05) is 30.3 Å². The summed E-state index contributed by atoms with van der Waals surface area (Å²) in [5.41, 5.74) is 0.897. The maximum Gasteiger partial charge on any atom is 0.387 e. The number of benzene rings is 3. The average molecular weight is 421 g/mol. The van der Waals surface area contributed by atoms with Gasteiger partial charge in [-0.2, -0.15) is 8.78 Å². The molecule has 1 aromatic heterocycles. The van der Waals surface area contributed by atoms with E-state index in [2.05, 4.69) is 10.1 Å². The van der Waals surface area contributed by atoms with Crippen LogP contribution in [0.3, 0.4) is 0 Å². The van der Waals surface area contributed by atoms with Crippen molar-refractivity contribution >= 4 is 16.9 Å². The first-order chi connectivity index (χ1) is 15.0. The summed E-state index contributed by atoms with van der Waals surface area (Å²) in [6.07, 6.45) is 0. The fraction of sp³-hybridized carbons (Fsp3) is 0.0833. The highest BCUT2D eigenvalue weighted by atomic mass is 19.3. The number of carbonyl (C=O) groups excluding carboxylic acids is 1. The van der Waals surface area contributed by atoms with E-state index in [0.717, 1.165) is 5.56 Å². The maximum atomic E-state index is 13.0. The molecule has 4 rings (SSSR count). The third-order valence-electron chi connectivity index (χ3n) is 4.73. The van der Waals surface area contributed by atoms with Crippen molar-refractivity contribution in [1.29, 1.82) is 0 Å². The smallest absolute Gasteiger partial charge is 0.387 e. The Morgan fingerprint density at radius 1 is 0.871 bits per heavy atom. The van der Waals surface area contributed by atoms with Crippen molar-refractivity contribution in [3.63, 3.8) is 0 Å². The van der Waals surface area contributed by atoms with Crippen LogP contribution < -0.4 is 15.7 Å². The molecule has 0 fully saturated rings. The van der Waals surface area contributed by atoms with Gasteiger partial charge in [0.25, 0.3) is 5.91 Å².